The molecule has 2 fully saturated rings. The van der Waals surface area contributed by atoms with E-state index in [1.165, 1.54) is 0 Å². The summed E-state index contributed by atoms with van der Waals surface area (Å²) in [6.07, 6.45) is 10.1. The lowest BCUT2D eigenvalue weighted by Gasteiger charge is -2.36. The highest BCUT2D eigenvalue weighted by Crippen LogP contribution is 2.46. The first kappa shape index (κ1) is 23.2. The van der Waals surface area contributed by atoms with Crippen LogP contribution in [0.1, 0.15) is 62.0 Å². The van der Waals surface area contributed by atoms with Crippen molar-refractivity contribution in [2.24, 2.45) is 5.92 Å². The minimum atomic E-state index is 0.175. The standard InChI is InChI=1S/C29H35N5O2/c1-18-4-11-27(20(3)32-18)36-28-24(22-16-31-33(17-22)23-12-14-30-15-13-23)9-10-26-25(28)8-5-19(2)34(26)29(35)21-6-7-21/h4,9-11,16-17,19,21,23,30H,5-8,12-15H2,1-3H3. The molecule has 3 aliphatic rings. The zero-order valence-corrected chi connectivity index (χ0v) is 21.5. The Balaban J connectivity index is 1.45. The van der Waals surface area contributed by atoms with Gasteiger partial charge in [0.1, 0.15) is 11.5 Å². The van der Waals surface area contributed by atoms with Gasteiger partial charge in [-0.25, -0.2) is 0 Å². The van der Waals surface area contributed by atoms with Crippen molar-refractivity contribution < 1.29 is 9.53 Å². The van der Waals surface area contributed by atoms with Crippen molar-refractivity contribution in [3.05, 3.63) is 53.6 Å². The smallest absolute Gasteiger partial charge is 0.230 e. The van der Waals surface area contributed by atoms with Gasteiger partial charge in [0.05, 0.1) is 23.6 Å². The van der Waals surface area contributed by atoms with Crippen molar-refractivity contribution in [2.45, 2.75) is 71.4 Å². The number of ether oxygens (including phenoxy) is 1. The van der Waals surface area contributed by atoms with E-state index in [0.29, 0.717) is 6.04 Å². The monoisotopic (exact) mass is 485 g/mol. The summed E-state index contributed by atoms with van der Waals surface area (Å²) in [5, 5.41) is 8.18. The van der Waals surface area contributed by atoms with Gasteiger partial charge in [-0.05, 0) is 96.7 Å². The molecule has 6 rings (SSSR count). The van der Waals surface area contributed by atoms with Gasteiger partial charge in [0.2, 0.25) is 5.91 Å². The Morgan fingerprint density at radius 1 is 1.06 bits per heavy atom. The second kappa shape index (κ2) is 9.36. The number of anilines is 1. The summed E-state index contributed by atoms with van der Waals surface area (Å²) in [4.78, 5) is 19.9. The molecule has 3 aromatic rings. The number of carbonyl (C=O) groups is 1. The minimum Gasteiger partial charge on any atom is -0.454 e. The maximum absolute atomic E-state index is 13.3. The number of hydrogen-bond donors (Lipinski definition) is 1. The Kier molecular flexibility index (Phi) is 6.04. The van der Waals surface area contributed by atoms with Crippen LogP contribution in [0.15, 0.2) is 36.7 Å². The number of fused-ring (bicyclic) bond motifs is 1. The van der Waals surface area contributed by atoms with Crippen LogP contribution in [0.4, 0.5) is 5.69 Å². The molecule has 1 aliphatic carbocycles. The highest BCUT2D eigenvalue weighted by atomic mass is 16.5. The maximum Gasteiger partial charge on any atom is 0.230 e. The maximum atomic E-state index is 13.3. The molecule has 2 aromatic heterocycles. The molecule has 1 aromatic carbocycles. The number of amides is 1. The Labute approximate surface area is 212 Å². The van der Waals surface area contributed by atoms with Gasteiger partial charge in [-0.3, -0.25) is 14.5 Å². The number of hydrogen-bond acceptors (Lipinski definition) is 5. The van der Waals surface area contributed by atoms with Crippen molar-refractivity contribution in [3.8, 4) is 22.6 Å². The van der Waals surface area contributed by atoms with Gasteiger partial charge < -0.3 is 15.0 Å². The van der Waals surface area contributed by atoms with Crippen LogP contribution in [0.25, 0.3) is 11.1 Å². The predicted molar refractivity (Wildman–Crippen MR) is 141 cm³/mol. The van der Waals surface area contributed by atoms with E-state index in [2.05, 4.69) is 40.2 Å². The second-order valence-electron chi connectivity index (χ2n) is 10.6. The largest absolute Gasteiger partial charge is 0.454 e. The molecule has 188 valence electrons. The quantitative estimate of drug-likeness (QED) is 0.527. The first-order chi connectivity index (χ1) is 17.5. The number of piperidine rings is 1. The number of aryl methyl sites for hydroxylation is 2. The van der Waals surface area contributed by atoms with Crippen molar-refractivity contribution >= 4 is 11.6 Å². The van der Waals surface area contributed by atoms with Gasteiger partial charge in [-0.15, -0.1) is 0 Å². The molecule has 1 atom stereocenters. The second-order valence-corrected chi connectivity index (χ2v) is 10.6. The third-order valence-electron chi connectivity index (χ3n) is 7.90. The molecular weight excluding hydrogens is 450 g/mol. The highest BCUT2D eigenvalue weighted by Gasteiger charge is 2.39. The molecule has 7 heteroatoms. The molecule has 2 aliphatic heterocycles. The molecule has 1 unspecified atom stereocenters. The van der Waals surface area contributed by atoms with Crippen LogP contribution in [0.2, 0.25) is 0 Å². The molecule has 4 heterocycles. The fourth-order valence-corrected chi connectivity index (χ4v) is 5.65. The molecule has 1 saturated carbocycles. The number of rotatable bonds is 5. The summed E-state index contributed by atoms with van der Waals surface area (Å²) >= 11 is 0. The topological polar surface area (TPSA) is 72.3 Å². The predicted octanol–water partition coefficient (Wildman–Crippen LogP) is 5.36. The molecule has 0 bridgehead atoms. The van der Waals surface area contributed by atoms with Crippen molar-refractivity contribution in [1.29, 1.82) is 0 Å². The highest BCUT2D eigenvalue weighted by molar-refractivity contribution is 5.99. The Hall–Kier alpha value is -3.19. The average Bonchev–Trinajstić information content (AvgIpc) is 3.62. The Morgan fingerprint density at radius 2 is 1.86 bits per heavy atom. The van der Waals surface area contributed by atoms with Gasteiger partial charge in [0, 0.05) is 40.5 Å². The van der Waals surface area contributed by atoms with Crippen LogP contribution in [0, 0.1) is 19.8 Å². The Morgan fingerprint density at radius 3 is 2.61 bits per heavy atom. The zero-order chi connectivity index (χ0) is 24.8. The van der Waals surface area contributed by atoms with E-state index in [1.54, 1.807) is 0 Å². The molecule has 7 nitrogen and oxygen atoms in total. The van der Waals surface area contributed by atoms with E-state index in [1.807, 2.05) is 37.1 Å². The van der Waals surface area contributed by atoms with Crippen LogP contribution in [-0.4, -0.2) is 39.8 Å². The summed E-state index contributed by atoms with van der Waals surface area (Å²) in [5.41, 5.74) is 5.99. The van der Waals surface area contributed by atoms with E-state index in [0.717, 1.165) is 96.9 Å². The number of carbonyl (C=O) groups excluding carboxylic acids is 1. The van der Waals surface area contributed by atoms with E-state index in [4.69, 9.17) is 9.84 Å². The number of nitrogens with one attached hydrogen (secondary N) is 1. The summed E-state index contributed by atoms with van der Waals surface area (Å²) in [6, 6.07) is 8.82. The fourth-order valence-electron chi connectivity index (χ4n) is 5.65. The normalized spacial score (nSPS) is 20.3. The van der Waals surface area contributed by atoms with Crippen LogP contribution < -0.4 is 15.0 Å². The van der Waals surface area contributed by atoms with E-state index in [-0.39, 0.29) is 17.9 Å². The van der Waals surface area contributed by atoms with Gasteiger partial charge in [-0.1, -0.05) is 0 Å². The summed E-state index contributed by atoms with van der Waals surface area (Å²) in [6.45, 7) is 8.18. The number of benzene rings is 1. The van der Waals surface area contributed by atoms with Gasteiger partial charge in [-0.2, -0.15) is 5.10 Å². The first-order valence-corrected chi connectivity index (χ1v) is 13.4. The Bertz CT molecular complexity index is 1290. The first-order valence-electron chi connectivity index (χ1n) is 13.4. The summed E-state index contributed by atoms with van der Waals surface area (Å²) in [7, 11) is 0. The van der Waals surface area contributed by atoms with Gasteiger partial charge in [0.25, 0.3) is 0 Å². The summed E-state index contributed by atoms with van der Waals surface area (Å²) in [5.74, 6) is 2.01. The molecule has 1 amide bonds. The molecular formula is C29H35N5O2. The lowest BCUT2D eigenvalue weighted by molar-refractivity contribution is -0.120. The lowest BCUT2D eigenvalue weighted by atomic mass is 9.92. The van der Waals surface area contributed by atoms with Crippen molar-refractivity contribution in [1.82, 2.24) is 20.1 Å². The number of pyridine rings is 1. The molecule has 1 N–H and O–H groups in total. The van der Waals surface area contributed by atoms with E-state index < -0.39 is 0 Å². The third-order valence-corrected chi connectivity index (χ3v) is 7.90. The van der Waals surface area contributed by atoms with Crippen LogP contribution in [0.5, 0.6) is 11.5 Å². The minimum absolute atomic E-state index is 0.175. The van der Waals surface area contributed by atoms with Crippen LogP contribution in [-0.2, 0) is 11.2 Å². The molecule has 0 spiro atoms. The van der Waals surface area contributed by atoms with E-state index in [9.17, 15) is 4.79 Å². The van der Waals surface area contributed by atoms with Gasteiger partial charge >= 0.3 is 0 Å². The number of aromatic nitrogens is 3. The van der Waals surface area contributed by atoms with Crippen LogP contribution >= 0.6 is 0 Å². The van der Waals surface area contributed by atoms with E-state index >= 15 is 0 Å². The molecule has 0 radical (unpaired) electrons. The zero-order valence-electron chi connectivity index (χ0n) is 21.5. The number of nitrogens with zero attached hydrogens (tertiary/aromatic N) is 4. The third kappa shape index (κ3) is 4.30. The molecule has 1 saturated heterocycles. The van der Waals surface area contributed by atoms with Crippen molar-refractivity contribution in [3.63, 3.8) is 0 Å². The summed E-state index contributed by atoms with van der Waals surface area (Å²) < 4.78 is 8.81. The lowest BCUT2D eigenvalue weighted by Crippen LogP contribution is -2.43. The molecule has 36 heavy (non-hydrogen) atoms. The SMILES string of the molecule is Cc1ccc(Oc2c(-c3cnn(C4CCNCC4)c3)ccc3c2CCC(C)N3C(=O)C2CC2)c(C)n1. The fraction of sp³-hybridized carbons (Fsp3) is 0.483. The van der Waals surface area contributed by atoms with Crippen molar-refractivity contribution in [2.75, 3.05) is 18.0 Å². The average molecular weight is 486 g/mol. The van der Waals surface area contributed by atoms with Gasteiger partial charge in [0.15, 0.2) is 0 Å². The van der Waals surface area contributed by atoms with Crippen LogP contribution in [0.3, 0.4) is 0 Å².